The summed E-state index contributed by atoms with van der Waals surface area (Å²) in [5.74, 6) is 2.30. The van der Waals surface area contributed by atoms with E-state index in [0.29, 0.717) is 46.8 Å². The first-order valence-corrected chi connectivity index (χ1v) is 13.1. The number of ether oxygens (including phenoxy) is 2. The summed E-state index contributed by atoms with van der Waals surface area (Å²) in [6.07, 6.45) is 2.43. The summed E-state index contributed by atoms with van der Waals surface area (Å²) in [5.41, 5.74) is 1.23. The summed E-state index contributed by atoms with van der Waals surface area (Å²) < 4.78 is 17.0. The van der Waals surface area contributed by atoms with Gasteiger partial charge in [0.25, 0.3) is 0 Å². The van der Waals surface area contributed by atoms with Gasteiger partial charge >= 0.3 is 0 Å². The van der Waals surface area contributed by atoms with Crippen molar-refractivity contribution in [3.8, 4) is 22.9 Å². The molecule has 0 radical (unpaired) electrons. The zero-order valence-corrected chi connectivity index (χ0v) is 22.6. The van der Waals surface area contributed by atoms with E-state index in [2.05, 4.69) is 20.4 Å². The number of benzene rings is 2. The van der Waals surface area contributed by atoms with E-state index in [9.17, 15) is 4.79 Å². The van der Waals surface area contributed by atoms with Gasteiger partial charge in [-0.25, -0.2) is 0 Å². The lowest BCUT2D eigenvalue weighted by Crippen LogP contribution is -2.46. The number of piperidine rings is 1. The number of amides is 1. The van der Waals surface area contributed by atoms with E-state index < -0.39 is 5.60 Å². The standard InChI is InChI=1S/C27H30Cl2N4O4/c1-27(2)13-22(20-9-7-18(35-3)12-23(20)36-27)30-26(34)16-5-4-10-33(14-16)15-24-31-25(32-37-24)19-8-6-17(28)11-21(19)29/h6-9,11-12,16,22H,4-5,10,13-15H2,1-3H3,(H,30,34). The number of rotatable bonds is 6. The second-order valence-electron chi connectivity index (χ2n) is 10.2. The van der Waals surface area contributed by atoms with Crippen LogP contribution in [0.5, 0.6) is 11.5 Å². The molecular formula is C27H30Cl2N4O4. The van der Waals surface area contributed by atoms with Gasteiger partial charge in [-0.15, -0.1) is 0 Å². The van der Waals surface area contributed by atoms with Crippen molar-refractivity contribution in [3.05, 3.63) is 57.9 Å². The summed E-state index contributed by atoms with van der Waals surface area (Å²) in [6, 6.07) is 10.8. The Balaban J connectivity index is 1.24. The Morgan fingerprint density at radius 1 is 1.24 bits per heavy atom. The van der Waals surface area contributed by atoms with Crippen LogP contribution in [-0.4, -0.2) is 46.7 Å². The SMILES string of the molecule is COc1ccc2c(c1)OC(C)(C)CC2NC(=O)C1CCCN(Cc2nc(-c3ccc(Cl)cc3Cl)no2)C1. The third kappa shape index (κ3) is 5.87. The van der Waals surface area contributed by atoms with Crippen LogP contribution in [0.3, 0.4) is 0 Å². The number of likely N-dealkylation sites (tertiary alicyclic amines) is 1. The van der Waals surface area contributed by atoms with Gasteiger partial charge in [-0.05, 0) is 63.6 Å². The highest BCUT2D eigenvalue weighted by atomic mass is 35.5. The van der Waals surface area contributed by atoms with E-state index in [0.717, 1.165) is 36.4 Å². The topological polar surface area (TPSA) is 89.7 Å². The van der Waals surface area contributed by atoms with Crippen molar-refractivity contribution in [1.82, 2.24) is 20.4 Å². The van der Waals surface area contributed by atoms with Crippen LogP contribution in [0.15, 0.2) is 40.9 Å². The number of fused-ring (bicyclic) bond motifs is 1. The Bertz CT molecular complexity index is 1300. The van der Waals surface area contributed by atoms with Crippen LogP contribution < -0.4 is 14.8 Å². The van der Waals surface area contributed by atoms with E-state index in [1.54, 1.807) is 25.3 Å². The van der Waals surface area contributed by atoms with Crippen molar-refractivity contribution in [2.45, 2.75) is 51.3 Å². The zero-order chi connectivity index (χ0) is 26.2. The second-order valence-corrected chi connectivity index (χ2v) is 11.1. The molecule has 0 saturated carbocycles. The molecule has 10 heteroatoms. The van der Waals surface area contributed by atoms with E-state index in [1.807, 2.05) is 32.0 Å². The van der Waals surface area contributed by atoms with Gasteiger partial charge in [-0.2, -0.15) is 4.98 Å². The Labute approximate surface area is 226 Å². The zero-order valence-electron chi connectivity index (χ0n) is 21.1. The molecule has 3 aromatic rings. The van der Waals surface area contributed by atoms with Crippen LogP contribution in [0.25, 0.3) is 11.4 Å². The lowest BCUT2D eigenvalue weighted by atomic mass is 9.88. The first-order valence-electron chi connectivity index (χ1n) is 12.4. The third-order valence-electron chi connectivity index (χ3n) is 6.87. The molecule has 1 fully saturated rings. The minimum atomic E-state index is -0.404. The highest BCUT2D eigenvalue weighted by Crippen LogP contribution is 2.41. The van der Waals surface area contributed by atoms with Gasteiger partial charge < -0.3 is 19.3 Å². The highest BCUT2D eigenvalue weighted by molar-refractivity contribution is 6.36. The summed E-state index contributed by atoms with van der Waals surface area (Å²) in [6.45, 7) is 6.01. The first kappa shape index (κ1) is 25.8. The lowest BCUT2D eigenvalue weighted by molar-refractivity contribution is -0.128. The molecule has 2 aliphatic rings. The van der Waals surface area contributed by atoms with Crippen molar-refractivity contribution in [3.63, 3.8) is 0 Å². The predicted molar refractivity (Wildman–Crippen MR) is 141 cm³/mol. The molecule has 3 heterocycles. The Morgan fingerprint density at radius 2 is 2.08 bits per heavy atom. The molecule has 1 amide bonds. The van der Waals surface area contributed by atoms with Crippen LogP contribution in [0.4, 0.5) is 0 Å². The fraction of sp³-hybridized carbons (Fsp3) is 0.444. The van der Waals surface area contributed by atoms with Gasteiger partial charge in [0.05, 0.1) is 30.6 Å². The average molecular weight is 545 g/mol. The molecule has 37 heavy (non-hydrogen) atoms. The summed E-state index contributed by atoms with van der Waals surface area (Å²) in [5, 5.41) is 8.38. The van der Waals surface area contributed by atoms with Crippen molar-refractivity contribution in [2.75, 3.05) is 20.2 Å². The van der Waals surface area contributed by atoms with Crippen molar-refractivity contribution in [2.24, 2.45) is 5.92 Å². The number of carbonyl (C=O) groups is 1. The fourth-order valence-electron chi connectivity index (χ4n) is 5.08. The minimum absolute atomic E-state index is 0.0494. The fourth-order valence-corrected chi connectivity index (χ4v) is 5.57. The van der Waals surface area contributed by atoms with Crippen molar-refractivity contribution < 1.29 is 18.8 Å². The lowest BCUT2D eigenvalue weighted by Gasteiger charge is -2.39. The molecule has 196 valence electrons. The van der Waals surface area contributed by atoms with Crippen LogP contribution in [0.1, 0.15) is 50.6 Å². The monoisotopic (exact) mass is 544 g/mol. The highest BCUT2D eigenvalue weighted by Gasteiger charge is 2.36. The van der Waals surface area contributed by atoms with Gasteiger partial charge in [0, 0.05) is 35.2 Å². The number of carbonyl (C=O) groups excluding carboxylic acids is 1. The molecule has 5 rings (SSSR count). The average Bonchev–Trinajstić information content (AvgIpc) is 3.31. The number of nitrogens with one attached hydrogen (secondary N) is 1. The molecule has 8 nitrogen and oxygen atoms in total. The molecule has 2 aliphatic heterocycles. The number of aromatic nitrogens is 2. The quantitative estimate of drug-likeness (QED) is 0.426. The Kier molecular flexibility index (Phi) is 7.34. The maximum absolute atomic E-state index is 13.4. The van der Waals surface area contributed by atoms with Crippen molar-refractivity contribution in [1.29, 1.82) is 0 Å². The van der Waals surface area contributed by atoms with E-state index in [4.69, 9.17) is 37.2 Å². The summed E-state index contributed by atoms with van der Waals surface area (Å²) in [7, 11) is 1.63. The predicted octanol–water partition coefficient (Wildman–Crippen LogP) is 5.68. The molecule has 0 spiro atoms. The molecule has 1 aromatic heterocycles. The van der Waals surface area contributed by atoms with Crippen LogP contribution in [-0.2, 0) is 11.3 Å². The number of hydrogen-bond donors (Lipinski definition) is 1. The van der Waals surface area contributed by atoms with E-state index in [1.165, 1.54) is 0 Å². The molecule has 0 bridgehead atoms. The molecule has 2 unspecified atom stereocenters. The molecule has 1 N–H and O–H groups in total. The van der Waals surface area contributed by atoms with E-state index >= 15 is 0 Å². The van der Waals surface area contributed by atoms with Crippen molar-refractivity contribution >= 4 is 29.1 Å². The molecule has 0 aliphatic carbocycles. The molecule has 1 saturated heterocycles. The summed E-state index contributed by atoms with van der Waals surface area (Å²) in [4.78, 5) is 20.1. The molecule has 2 aromatic carbocycles. The molecule has 2 atom stereocenters. The van der Waals surface area contributed by atoms with Gasteiger partial charge in [-0.3, -0.25) is 9.69 Å². The Hall–Kier alpha value is -2.81. The van der Waals surface area contributed by atoms with E-state index in [-0.39, 0.29) is 17.9 Å². The third-order valence-corrected chi connectivity index (χ3v) is 7.42. The first-order chi connectivity index (χ1) is 17.7. The smallest absolute Gasteiger partial charge is 0.241 e. The number of halogens is 2. The molecular weight excluding hydrogens is 515 g/mol. The number of nitrogens with zero attached hydrogens (tertiary/aromatic N) is 3. The normalized spacial score (nSPS) is 21.1. The number of hydrogen-bond acceptors (Lipinski definition) is 7. The van der Waals surface area contributed by atoms with Gasteiger partial charge in [0.2, 0.25) is 17.6 Å². The van der Waals surface area contributed by atoms with Crippen LogP contribution in [0.2, 0.25) is 10.0 Å². The van der Waals surface area contributed by atoms with Crippen LogP contribution >= 0.6 is 23.2 Å². The second kappa shape index (κ2) is 10.5. The minimum Gasteiger partial charge on any atom is -0.497 e. The van der Waals surface area contributed by atoms with Gasteiger partial charge in [0.15, 0.2) is 0 Å². The maximum atomic E-state index is 13.4. The maximum Gasteiger partial charge on any atom is 0.241 e. The number of methoxy groups -OCH3 is 1. The summed E-state index contributed by atoms with van der Waals surface area (Å²) >= 11 is 12.3. The largest absolute Gasteiger partial charge is 0.497 e. The van der Waals surface area contributed by atoms with Gasteiger partial charge in [-0.1, -0.05) is 28.4 Å². The van der Waals surface area contributed by atoms with Gasteiger partial charge in [0.1, 0.15) is 17.1 Å². The van der Waals surface area contributed by atoms with Crippen LogP contribution in [0, 0.1) is 5.92 Å². The Morgan fingerprint density at radius 3 is 2.86 bits per heavy atom.